The van der Waals surface area contributed by atoms with Gasteiger partial charge in [-0.25, -0.2) is 4.79 Å². The maximum atomic E-state index is 13.7. The van der Waals surface area contributed by atoms with E-state index in [1.807, 2.05) is 0 Å². The highest BCUT2D eigenvalue weighted by molar-refractivity contribution is 6.38. The maximum absolute atomic E-state index is 13.7. The summed E-state index contributed by atoms with van der Waals surface area (Å²) in [5.74, 6) is -3.45. The summed E-state index contributed by atoms with van der Waals surface area (Å²) in [5, 5.41) is 11.6. The lowest BCUT2D eigenvalue weighted by atomic mass is 9.88. The normalized spacial score (nSPS) is 17.0. The van der Waals surface area contributed by atoms with Crippen molar-refractivity contribution in [3.63, 3.8) is 0 Å². The minimum absolute atomic E-state index is 0.0446. The Hall–Kier alpha value is -4.58. The Labute approximate surface area is 254 Å². The number of fused-ring (bicyclic) bond motifs is 1. The number of ether oxygens (including phenoxy) is 2. The van der Waals surface area contributed by atoms with Crippen LogP contribution in [0.15, 0.2) is 36.4 Å². The van der Waals surface area contributed by atoms with Crippen LogP contribution in [0.2, 0.25) is 0 Å². The number of aromatic nitrogens is 4. The molecule has 0 saturated carbocycles. The number of nitrogens with zero attached hydrogens (tertiary/aromatic N) is 6. The number of tetrazole rings is 1. The van der Waals surface area contributed by atoms with E-state index in [1.165, 1.54) is 14.0 Å². The number of hydrogen-bond donors (Lipinski definition) is 0. The van der Waals surface area contributed by atoms with Gasteiger partial charge in [-0.15, -0.1) is 18.3 Å². The fraction of sp³-hybridized carbons (Fsp3) is 0.444. The quantitative estimate of drug-likeness (QED) is 0.172. The Balaban J connectivity index is 1.93. The smallest absolute Gasteiger partial charge is 0.459 e. The third-order valence-corrected chi connectivity index (χ3v) is 6.98. The van der Waals surface area contributed by atoms with Crippen LogP contribution in [-0.2, 0) is 40.3 Å². The van der Waals surface area contributed by atoms with Gasteiger partial charge < -0.3 is 14.4 Å². The van der Waals surface area contributed by atoms with Gasteiger partial charge in [-0.2, -0.15) is 31.1 Å². The van der Waals surface area contributed by atoms with E-state index < -0.39 is 71.7 Å². The van der Waals surface area contributed by atoms with Crippen molar-refractivity contribution in [2.24, 2.45) is 7.05 Å². The van der Waals surface area contributed by atoms with Crippen LogP contribution in [0.1, 0.15) is 55.0 Å². The number of benzene rings is 2. The van der Waals surface area contributed by atoms with Crippen molar-refractivity contribution in [3.8, 4) is 5.75 Å². The van der Waals surface area contributed by atoms with Crippen LogP contribution in [0, 0.1) is 0 Å². The first-order valence-electron chi connectivity index (χ1n) is 13.5. The molecule has 10 nitrogen and oxygen atoms in total. The topological polar surface area (TPSA) is 103 Å². The highest BCUT2D eigenvalue weighted by Crippen LogP contribution is 2.45. The molecule has 0 aliphatic carbocycles. The molecule has 0 N–H and O–H groups in total. The van der Waals surface area contributed by atoms with Gasteiger partial charge in [0.25, 0.3) is 5.95 Å². The first-order valence-corrected chi connectivity index (χ1v) is 13.5. The standard InChI is InChI=1S/C27H25F9N6O4/c1-4-17-11-21(19-12-18(46-27(34,35)36)6-7-20(19)42(17)22(43)23(44)45-5-2)41(24-37-39-40(3)38-24)13-14-8-15(25(28,29)30)10-16(9-14)26(31,32)33/h6-10,12,17,21H,4-5,11,13H2,1-3H3/t17-,21+/m1/s1. The molecule has 1 amide bonds. The molecule has 0 spiro atoms. The zero-order chi connectivity index (χ0) is 34.2. The molecule has 3 aromatic rings. The molecule has 2 heterocycles. The number of rotatable bonds is 7. The van der Waals surface area contributed by atoms with Crippen molar-refractivity contribution in [1.29, 1.82) is 0 Å². The molecule has 1 aromatic heterocycles. The van der Waals surface area contributed by atoms with Gasteiger partial charge in [0.05, 0.1) is 36.5 Å². The second kappa shape index (κ2) is 12.7. The van der Waals surface area contributed by atoms with Gasteiger partial charge in [0, 0.05) is 18.2 Å². The average molecular weight is 669 g/mol. The summed E-state index contributed by atoms with van der Waals surface area (Å²) in [6, 6.07) is 1.79. The minimum Gasteiger partial charge on any atom is -0.459 e. The second-order valence-electron chi connectivity index (χ2n) is 10.1. The van der Waals surface area contributed by atoms with Crippen LogP contribution in [0.4, 0.5) is 51.1 Å². The highest BCUT2D eigenvalue weighted by Gasteiger charge is 2.43. The van der Waals surface area contributed by atoms with Gasteiger partial charge in [0.15, 0.2) is 0 Å². The lowest BCUT2D eigenvalue weighted by Crippen LogP contribution is -2.50. The van der Waals surface area contributed by atoms with Gasteiger partial charge in [-0.3, -0.25) is 9.69 Å². The lowest BCUT2D eigenvalue weighted by Gasteiger charge is -2.44. The third-order valence-electron chi connectivity index (χ3n) is 6.98. The summed E-state index contributed by atoms with van der Waals surface area (Å²) in [4.78, 5) is 28.8. The van der Waals surface area contributed by atoms with Gasteiger partial charge >= 0.3 is 30.6 Å². The number of anilines is 2. The number of carbonyl (C=O) groups is 2. The summed E-state index contributed by atoms with van der Waals surface area (Å²) in [7, 11) is 1.33. The van der Waals surface area contributed by atoms with Crippen molar-refractivity contribution in [2.45, 2.75) is 64.0 Å². The van der Waals surface area contributed by atoms with E-state index in [9.17, 15) is 49.1 Å². The summed E-state index contributed by atoms with van der Waals surface area (Å²) in [5.41, 5.74) is -3.85. The largest absolute Gasteiger partial charge is 0.573 e. The maximum Gasteiger partial charge on any atom is 0.573 e. The number of esters is 1. The van der Waals surface area contributed by atoms with Crippen molar-refractivity contribution >= 4 is 23.5 Å². The summed E-state index contributed by atoms with van der Waals surface area (Å²) in [6.45, 7) is 2.21. The van der Waals surface area contributed by atoms with E-state index in [-0.39, 0.29) is 42.7 Å². The van der Waals surface area contributed by atoms with Gasteiger partial charge in [0.2, 0.25) is 0 Å². The van der Waals surface area contributed by atoms with E-state index in [1.54, 1.807) is 6.92 Å². The van der Waals surface area contributed by atoms with Crippen molar-refractivity contribution < 1.29 is 58.6 Å². The Kier molecular flexibility index (Phi) is 9.44. The molecular formula is C27H25F9N6O4. The summed E-state index contributed by atoms with van der Waals surface area (Å²) in [6.07, 6.45) is -15.5. The molecule has 0 radical (unpaired) electrons. The molecule has 1 aliphatic rings. The van der Waals surface area contributed by atoms with Gasteiger partial charge in [-0.05, 0) is 66.9 Å². The monoisotopic (exact) mass is 668 g/mol. The number of aryl methyl sites for hydroxylation is 1. The van der Waals surface area contributed by atoms with Crippen molar-refractivity contribution in [1.82, 2.24) is 20.2 Å². The molecule has 1 aliphatic heterocycles. The number of carbonyl (C=O) groups excluding carboxylic acids is 2. The average Bonchev–Trinajstić information content (AvgIpc) is 3.38. The van der Waals surface area contributed by atoms with Gasteiger partial charge in [-0.1, -0.05) is 12.0 Å². The zero-order valence-electron chi connectivity index (χ0n) is 24.2. The number of hydrogen-bond acceptors (Lipinski definition) is 8. The minimum atomic E-state index is -5.16. The summed E-state index contributed by atoms with van der Waals surface area (Å²) < 4.78 is 130. The van der Waals surface area contributed by atoms with Crippen LogP contribution in [-0.4, -0.2) is 51.1 Å². The Morgan fingerprint density at radius 2 is 1.59 bits per heavy atom. The fourth-order valence-corrected chi connectivity index (χ4v) is 5.13. The van der Waals surface area contributed by atoms with E-state index in [0.29, 0.717) is 12.1 Å². The molecule has 19 heteroatoms. The zero-order valence-corrected chi connectivity index (χ0v) is 24.2. The number of amides is 1. The molecule has 0 unspecified atom stereocenters. The van der Waals surface area contributed by atoms with E-state index in [2.05, 4.69) is 20.1 Å². The van der Waals surface area contributed by atoms with Crippen LogP contribution in [0.25, 0.3) is 0 Å². The Bertz CT molecular complexity index is 1560. The Morgan fingerprint density at radius 3 is 2.09 bits per heavy atom. The lowest BCUT2D eigenvalue weighted by molar-refractivity contribution is -0.274. The van der Waals surface area contributed by atoms with Crippen molar-refractivity contribution in [3.05, 3.63) is 58.7 Å². The van der Waals surface area contributed by atoms with E-state index >= 15 is 0 Å². The number of halogens is 9. The Morgan fingerprint density at radius 1 is 0.957 bits per heavy atom. The molecule has 2 atom stereocenters. The van der Waals surface area contributed by atoms with Crippen LogP contribution >= 0.6 is 0 Å². The molecule has 0 saturated heterocycles. The van der Waals surface area contributed by atoms with E-state index in [4.69, 9.17) is 4.74 Å². The molecule has 250 valence electrons. The molecule has 2 aromatic carbocycles. The predicted molar refractivity (Wildman–Crippen MR) is 140 cm³/mol. The highest BCUT2D eigenvalue weighted by atomic mass is 19.4. The van der Waals surface area contributed by atoms with Crippen molar-refractivity contribution in [2.75, 3.05) is 16.4 Å². The molecule has 4 rings (SSSR count). The molecule has 0 bridgehead atoms. The first-order chi connectivity index (χ1) is 21.3. The third kappa shape index (κ3) is 7.61. The van der Waals surface area contributed by atoms with E-state index in [0.717, 1.165) is 32.8 Å². The second-order valence-corrected chi connectivity index (χ2v) is 10.1. The molecule has 0 fully saturated rings. The van der Waals surface area contributed by atoms with Crippen LogP contribution in [0.5, 0.6) is 5.75 Å². The predicted octanol–water partition coefficient (Wildman–Crippen LogP) is 5.97. The van der Waals surface area contributed by atoms with Crippen LogP contribution in [0.3, 0.4) is 0 Å². The first kappa shape index (κ1) is 34.3. The SMILES string of the molecule is CCOC(=O)C(=O)N1c2ccc(OC(F)(F)F)cc2[C@@H](N(Cc2cc(C(F)(F)F)cc(C(F)(F)F)c2)c2nnn(C)n2)C[C@H]1CC. The number of alkyl halides is 9. The molecule has 46 heavy (non-hydrogen) atoms. The molecular weight excluding hydrogens is 643 g/mol. The van der Waals surface area contributed by atoms with Crippen LogP contribution < -0.4 is 14.5 Å². The van der Waals surface area contributed by atoms with Gasteiger partial charge in [0.1, 0.15) is 5.75 Å². The summed E-state index contributed by atoms with van der Waals surface area (Å²) >= 11 is 0. The fourth-order valence-electron chi connectivity index (χ4n) is 5.13.